The van der Waals surface area contributed by atoms with E-state index in [1.54, 1.807) is 14.2 Å². The van der Waals surface area contributed by atoms with Gasteiger partial charge in [0.05, 0.1) is 19.0 Å². The molecule has 260 valence electrons. The summed E-state index contributed by atoms with van der Waals surface area (Å²) in [6.07, 6.45) is 13.0. The highest BCUT2D eigenvalue weighted by molar-refractivity contribution is 5.74. The molecule has 2 bridgehead atoms. The lowest BCUT2D eigenvalue weighted by Gasteiger charge is -2.62. The molecule has 4 aromatic rings. The van der Waals surface area contributed by atoms with Crippen molar-refractivity contribution in [3.8, 4) is 33.9 Å². The molecule has 0 aliphatic carbocycles. The summed E-state index contributed by atoms with van der Waals surface area (Å²) >= 11 is 0. The minimum absolute atomic E-state index is 0.00450. The number of piperidine rings is 2. The minimum atomic E-state index is -0.00450. The van der Waals surface area contributed by atoms with Crippen molar-refractivity contribution < 1.29 is 18.9 Å². The number of fused-ring (bicyclic) bond motifs is 2. The first-order chi connectivity index (χ1) is 23.8. The van der Waals surface area contributed by atoms with Crippen molar-refractivity contribution in [3.63, 3.8) is 0 Å². The molecule has 1 unspecified atom stereocenters. The number of hydrogen-bond acceptors (Lipinski definition) is 9. The normalized spacial score (nSPS) is 25.6. The van der Waals surface area contributed by atoms with E-state index < -0.39 is 0 Å². The lowest BCUT2D eigenvalue weighted by molar-refractivity contribution is -0.0976. The minimum Gasteiger partial charge on any atom is -0.497 e. The fraction of sp³-hybridized carbons (Fsp3) is 0.513. The van der Waals surface area contributed by atoms with Crippen molar-refractivity contribution in [1.29, 1.82) is 0 Å². The number of methoxy groups -OCH3 is 2. The molecular weight excluding hydrogens is 616 g/mol. The van der Waals surface area contributed by atoms with E-state index in [1.165, 1.54) is 24.8 Å². The summed E-state index contributed by atoms with van der Waals surface area (Å²) in [5.74, 6) is 2.48. The third-order valence-electron chi connectivity index (χ3n) is 11.1. The second-order valence-electron chi connectivity index (χ2n) is 14.5. The van der Waals surface area contributed by atoms with Gasteiger partial charge in [0.25, 0.3) is 0 Å². The summed E-state index contributed by atoms with van der Waals surface area (Å²) in [5, 5.41) is 14.1. The van der Waals surface area contributed by atoms with Crippen molar-refractivity contribution >= 4 is 5.82 Å². The molecule has 4 atom stereocenters. The lowest BCUT2D eigenvalue weighted by atomic mass is 9.66. The number of nitrogens with zero attached hydrogens (tertiary/aromatic N) is 6. The third kappa shape index (κ3) is 6.91. The van der Waals surface area contributed by atoms with Gasteiger partial charge in [-0.25, -0.2) is 4.68 Å². The molecule has 10 heteroatoms. The van der Waals surface area contributed by atoms with Crippen LogP contribution in [0.1, 0.15) is 77.0 Å². The topological polar surface area (TPSA) is 87.0 Å². The Morgan fingerprint density at radius 2 is 1.71 bits per heavy atom. The van der Waals surface area contributed by atoms with E-state index in [2.05, 4.69) is 78.3 Å². The Bertz CT molecular complexity index is 1690. The van der Waals surface area contributed by atoms with Crippen LogP contribution in [0.2, 0.25) is 0 Å². The highest BCUT2D eigenvalue weighted by Gasteiger charge is 2.53. The molecule has 3 aliphatic rings. The van der Waals surface area contributed by atoms with Crippen molar-refractivity contribution in [2.24, 2.45) is 0 Å². The predicted molar refractivity (Wildman–Crippen MR) is 191 cm³/mol. The molecule has 7 rings (SSSR count). The average molecular weight is 667 g/mol. The highest BCUT2D eigenvalue weighted by atomic mass is 16.7. The van der Waals surface area contributed by atoms with Crippen LogP contribution in [0.4, 0.5) is 5.82 Å². The van der Waals surface area contributed by atoms with E-state index in [0.29, 0.717) is 11.8 Å². The fourth-order valence-electron chi connectivity index (χ4n) is 8.43. The number of ether oxygens (including phenoxy) is 4. The summed E-state index contributed by atoms with van der Waals surface area (Å²) in [5.41, 5.74) is 5.18. The molecule has 0 N–H and O–H groups in total. The second kappa shape index (κ2) is 14.1. The van der Waals surface area contributed by atoms with Crippen LogP contribution in [-0.4, -0.2) is 76.7 Å². The van der Waals surface area contributed by atoms with Crippen molar-refractivity contribution in [2.45, 2.75) is 95.1 Å². The Morgan fingerprint density at radius 3 is 2.39 bits per heavy atom. The number of benzene rings is 2. The zero-order valence-electron chi connectivity index (χ0n) is 29.6. The molecule has 0 saturated carbocycles. The maximum Gasteiger partial charge on any atom is 0.188 e. The van der Waals surface area contributed by atoms with Gasteiger partial charge in [-0.2, -0.15) is 5.10 Å². The summed E-state index contributed by atoms with van der Waals surface area (Å²) in [6.45, 7) is 6.79. The first kappa shape index (κ1) is 33.5. The van der Waals surface area contributed by atoms with Crippen LogP contribution in [0.15, 0.2) is 67.0 Å². The third-order valence-corrected chi connectivity index (χ3v) is 11.1. The maximum absolute atomic E-state index is 6.06. The zero-order valence-corrected chi connectivity index (χ0v) is 29.6. The van der Waals surface area contributed by atoms with Crippen LogP contribution >= 0.6 is 0 Å². The summed E-state index contributed by atoms with van der Waals surface area (Å²) in [7, 11) is 5.52. The number of aromatic nitrogens is 4. The quantitative estimate of drug-likeness (QED) is 0.151. The highest BCUT2D eigenvalue weighted by Crippen LogP contribution is 2.50. The maximum atomic E-state index is 6.06. The van der Waals surface area contributed by atoms with Gasteiger partial charge in [-0.3, -0.25) is 4.90 Å². The molecule has 2 aromatic carbocycles. The molecule has 49 heavy (non-hydrogen) atoms. The Hall–Kier alpha value is -3.99. The van der Waals surface area contributed by atoms with Crippen molar-refractivity contribution in [1.82, 2.24) is 24.9 Å². The Kier molecular flexibility index (Phi) is 9.64. The largest absolute Gasteiger partial charge is 0.497 e. The Morgan fingerprint density at radius 1 is 0.918 bits per heavy atom. The van der Waals surface area contributed by atoms with Gasteiger partial charge in [-0.15, -0.1) is 10.2 Å². The first-order valence-electron chi connectivity index (χ1n) is 17.7. The second-order valence-corrected chi connectivity index (χ2v) is 14.5. The summed E-state index contributed by atoms with van der Waals surface area (Å²) < 4.78 is 24.6. The van der Waals surface area contributed by atoms with E-state index in [4.69, 9.17) is 29.1 Å². The van der Waals surface area contributed by atoms with Crippen LogP contribution in [0.3, 0.4) is 0 Å². The summed E-state index contributed by atoms with van der Waals surface area (Å²) in [4.78, 5) is 5.13. The van der Waals surface area contributed by atoms with Gasteiger partial charge < -0.3 is 23.8 Å². The van der Waals surface area contributed by atoms with Gasteiger partial charge in [-0.1, -0.05) is 18.2 Å². The lowest BCUT2D eigenvalue weighted by Crippen LogP contribution is -2.67. The van der Waals surface area contributed by atoms with Gasteiger partial charge in [0, 0.05) is 61.8 Å². The molecule has 10 nitrogen and oxygen atoms in total. The van der Waals surface area contributed by atoms with Crippen LogP contribution in [0, 0.1) is 0 Å². The fourth-order valence-corrected chi connectivity index (χ4v) is 8.43. The molecular formula is C39H50N6O4. The average Bonchev–Trinajstić information content (AvgIpc) is 3.63. The monoisotopic (exact) mass is 666 g/mol. The molecule has 0 radical (unpaired) electrons. The van der Waals surface area contributed by atoms with Crippen LogP contribution < -0.4 is 14.4 Å². The molecule has 5 heterocycles. The number of hydrogen-bond donors (Lipinski definition) is 0. The van der Waals surface area contributed by atoms with E-state index in [0.717, 1.165) is 79.2 Å². The molecule has 0 amide bonds. The zero-order chi connectivity index (χ0) is 34.0. The number of anilines is 1. The SMILES string of the molecule is COCOc1cc(-c2cnn(C3CCCCO3)c2)ccc1-c1ccc(N(C)[C@H]2C[C@]3(C)CCC[C@](C)(C2)N3Cc2ccc(OC)cc2)nn1. The Labute approximate surface area is 290 Å². The first-order valence-corrected chi connectivity index (χ1v) is 17.7. The molecule has 3 saturated heterocycles. The van der Waals surface area contributed by atoms with Crippen molar-refractivity contribution in [3.05, 3.63) is 72.6 Å². The van der Waals surface area contributed by atoms with E-state index >= 15 is 0 Å². The number of rotatable bonds is 11. The van der Waals surface area contributed by atoms with Gasteiger partial charge >= 0.3 is 0 Å². The molecule has 0 spiro atoms. The summed E-state index contributed by atoms with van der Waals surface area (Å²) in [6, 6.07) is 19.2. The van der Waals surface area contributed by atoms with E-state index in [1.807, 2.05) is 29.2 Å². The van der Waals surface area contributed by atoms with Crippen LogP contribution in [0.25, 0.3) is 22.4 Å². The molecule has 2 aromatic heterocycles. The standard InChI is InChI=1S/C39H50N6O4/c1-38-18-8-19-39(2,45(38)25-28-10-13-32(47-5)14-11-28)23-31(22-38)43(3)36-17-16-34(41-42-36)33-15-12-29(21-35(33)49-27-46-4)30-24-40-44(26-30)37-9-6-7-20-48-37/h10-17,21,24,26,31,37H,6-9,18-20,22-23,25,27H2,1-5H3/t31-,37?,38-,39+. The smallest absolute Gasteiger partial charge is 0.188 e. The van der Waals surface area contributed by atoms with Gasteiger partial charge in [-0.05, 0) is 113 Å². The van der Waals surface area contributed by atoms with E-state index in [-0.39, 0.29) is 24.1 Å². The Balaban J connectivity index is 1.08. The van der Waals surface area contributed by atoms with Crippen LogP contribution in [-0.2, 0) is 16.0 Å². The van der Waals surface area contributed by atoms with Gasteiger partial charge in [0.15, 0.2) is 12.6 Å². The predicted octanol–water partition coefficient (Wildman–Crippen LogP) is 7.50. The van der Waals surface area contributed by atoms with Gasteiger partial charge in [0.1, 0.15) is 17.7 Å². The van der Waals surface area contributed by atoms with Gasteiger partial charge in [0.2, 0.25) is 0 Å². The van der Waals surface area contributed by atoms with E-state index in [9.17, 15) is 0 Å². The molecule has 3 aliphatic heterocycles. The molecule has 3 fully saturated rings. The van der Waals surface area contributed by atoms with Crippen molar-refractivity contribution in [2.75, 3.05) is 39.6 Å². The van der Waals surface area contributed by atoms with Crippen LogP contribution in [0.5, 0.6) is 11.5 Å².